The lowest BCUT2D eigenvalue weighted by Crippen LogP contribution is -2.32. The summed E-state index contributed by atoms with van der Waals surface area (Å²) in [5.41, 5.74) is 2.36. The van der Waals surface area contributed by atoms with E-state index in [0.717, 1.165) is 37.2 Å². The number of carbonyl (C=O) groups is 1. The van der Waals surface area contributed by atoms with Crippen molar-refractivity contribution in [2.24, 2.45) is 0 Å². The van der Waals surface area contributed by atoms with Crippen LogP contribution in [0.25, 0.3) is 0 Å². The molecule has 1 aliphatic heterocycles. The van der Waals surface area contributed by atoms with Crippen LogP contribution >= 0.6 is 0 Å². The lowest BCUT2D eigenvalue weighted by molar-refractivity contribution is 0.0755. The highest BCUT2D eigenvalue weighted by Gasteiger charge is 2.19. The number of hydrogen-bond acceptors (Lipinski definition) is 5. The number of pyridine rings is 1. The molecule has 126 valence electrons. The largest absolute Gasteiger partial charge is 0.350 e. The molecule has 1 saturated heterocycles. The third-order valence-corrected chi connectivity index (χ3v) is 4.17. The molecular weight excluding hydrogens is 302 g/mol. The van der Waals surface area contributed by atoms with Gasteiger partial charge in [0.1, 0.15) is 5.69 Å². The van der Waals surface area contributed by atoms with Crippen molar-refractivity contribution in [1.82, 2.24) is 19.9 Å². The molecular formula is C18H23N5O. The van der Waals surface area contributed by atoms with Crippen molar-refractivity contribution >= 4 is 11.9 Å². The molecule has 1 aliphatic rings. The Morgan fingerprint density at radius 2 is 1.83 bits per heavy atom. The molecule has 0 radical (unpaired) electrons. The average Bonchev–Trinajstić information content (AvgIpc) is 2.89. The summed E-state index contributed by atoms with van der Waals surface area (Å²) in [6.45, 7) is 4.13. The van der Waals surface area contributed by atoms with Gasteiger partial charge in [-0.3, -0.25) is 9.78 Å². The molecule has 0 saturated carbocycles. The van der Waals surface area contributed by atoms with E-state index in [0.29, 0.717) is 18.2 Å². The van der Waals surface area contributed by atoms with Gasteiger partial charge in [0.25, 0.3) is 5.91 Å². The molecule has 0 atom stereocenters. The topological polar surface area (TPSA) is 71.0 Å². The van der Waals surface area contributed by atoms with Gasteiger partial charge in [-0.15, -0.1) is 0 Å². The van der Waals surface area contributed by atoms with Gasteiger partial charge in [0, 0.05) is 37.7 Å². The van der Waals surface area contributed by atoms with E-state index >= 15 is 0 Å². The standard InChI is InChI=1S/C18H23N5O/c1-14-12-16(17(24)23-10-4-2-3-5-11-23)22-18(21-14)20-13-15-6-8-19-9-7-15/h6-9,12H,2-5,10-11,13H2,1H3,(H,20,21,22). The van der Waals surface area contributed by atoms with Crippen molar-refractivity contribution in [2.75, 3.05) is 18.4 Å². The SMILES string of the molecule is Cc1cc(C(=O)N2CCCCCC2)nc(NCc2ccncc2)n1. The molecule has 0 aliphatic carbocycles. The minimum absolute atomic E-state index is 0.00867. The zero-order valence-corrected chi connectivity index (χ0v) is 14.0. The average molecular weight is 325 g/mol. The molecule has 6 heteroatoms. The first-order valence-corrected chi connectivity index (χ1v) is 8.50. The third-order valence-electron chi connectivity index (χ3n) is 4.17. The maximum absolute atomic E-state index is 12.7. The van der Waals surface area contributed by atoms with Crippen LogP contribution in [0.4, 0.5) is 5.95 Å². The Morgan fingerprint density at radius 1 is 1.12 bits per heavy atom. The number of aryl methyl sites for hydroxylation is 1. The molecule has 24 heavy (non-hydrogen) atoms. The molecule has 3 rings (SSSR count). The van der Waals surface area contributed by atoms with E-state index in [1.54, 1.807) is 18.5 Å². The highest BCUT2D eigenvalue weighted by atomic mass is 16.2. The second-order valence-electron chi connectivity index (χ2n) is 6.13. The number of nitrogens with one attached hydrogen (secondary N) is 1. The van der Waals surface area contributed by atoms with Crippen LogP contribution in [0.1, 0.15) is 47.4 Å². The van der Waals surface area contributed by atoms with E-state index in [1.807, 2.05) is 24.0 Å². The number of carbonyl (C=O) groups excluding carboxylic acids is 1. The molecule has 2 aromatic rings. The van der Waals surface area contributed by atoms with Crippen LogP contribution in [-0.2, 0) is 6.54 Å². The Balaban J connectivity index is 1.72. The maximum atomic E-state index is 12.7. The minimum atomic E-state index is 0.00867. The summed E-state index contributed by atoms with van der Waals surface area (Å²) in [6, 6.07) is 5.64. The monoisotopic (exact) mass is 325 g/mol. The van der Waals surface area contributed by atoms with Crippen LogP contribution in [-0.4, -0.2) is 38.8 Å². The fourth-order valence-electron chi connectivity index (χ4n) is 2.87. The predicted molar refractivity (Wildman–Crippen MR) is 92.7 cm³/mol. The van der Waals surface area contributed by atoms with Crippen molar-refractivity contribution in [3.63, 3.8) is 0 Å². The van der Waals surface area contributed by atoms with Crippen LogP contribution in [0, 0.1) is 6.92 Å². The van der Waals surface area contributed by atoms with Gasteiger partial charge < -0.3 is 10.2 Å². The lowest BCUT2D eigenvalue weighted by atomic mass is 10.2. The van der Waals surface area contributed by atoms with Crippen molar-refractivity contribution in [3.05, 3.63) is 47.5 Å². The number of anilines is 1. The van der Waals surface area contributed by atoms with E-state index < -0.39 is 0 Å². The smallest absolute Gasteiger partial charge is 0.272 e. The van der Waals surface area contributed by atoms with Gasteiger partial charge in [0.15, 0.2) is 0 Å². The van der Waals surface area contributed by atoms with Gasteiger partial charge in [0.2, 0.25) is 5.95 Å². The zero-order chi connectivity index (χ0) is 16.8. The number of nitrogens with zero attached hydrogens (tertiary/aromatic N) is 4. The minimum Gasteiger partial charge on any atom is -0.350 e. The van der Waals surface area contributed by atoms with Crippen molar-refractivity contribution < 1.29 is 4.79 Å². The molecule has 1 fully saturated rings. The molecule has 0 aromatic carbocycles. The van der Waals surface area contributed by atoms with Crippen LogP contribution in [0.5, 0.6) is 0 Å². The van der Waals surface area contributed by atoms with E-state index in [1.165, 1.54) is 12.8 Å². The van der Waals surface area contributed by atoms with Gasteiger partial charge in [-0.2, -0.15) is 0 Å². The Labute approximate surface area is 142 Å². The summed E-state index contributed by atoms with van der Waals surface area (Å²) in [4.78, 5) is 27.5. The van der Waals surface area contributed by atoms with E-state index in [-0.39, 0.29) is 5.91 Å². The van der Waals surface area contributed by atoms with Crippen LogP contribution in [0.3, 0.4) is 0 Å². The fraction of sp³-hybridized carbons (Fsp3) is 0.444. The lowest BCUT2D eigenvalue weighted by Gasteiger charge is -2.20. The van der Waals surface area contributed by atoms with Gasteiger partial charge in [-0.05, 0) is 43.5 Å². The summed E-state index contributed by atoms with van der Waals surface area (Å²) in [5.74, 6) is 0.499. The Morgan fingerprint density at radius 3 is 2.54 bits per heavy atom. The summed E-state index contributed by atoms with van der Waals surface area (Å²) < 4.78 is 0. The molecule has 0 bridgehead atoms. The number of amides is 1. The molecule has 1 N–H and O–H groups in total. The first-order valence-electron chi connectivity index (χ1n) is 8.50. The van der Waals surface area contributed by atoms with Crippen LogP contribution in [0.15, 0.2) is 30.6 Å². The first kappa shape index (κ1) is 16.4. The Hall–Kier alpha value is -2.50. The van der Waals surface area contributed by atoms with Gasteiger partial charge in [0.05, 0.1) is 0 Å². The second kappa shape index (κ2) is 7.86. The third kappa shape index (κ3) is 4.28. The normalized spacial score (nSPS) is 15.0. The highest BCUT2D eigenvalue weighted by molar-refractivity contribution is 5.92. The summed E-state index contributed by atoms with van der Waals surface area (Å²) in [6.07, 6.45) is 8.05. The fourth-order valence-corrected chi connectivity index (χ4v) is 2.87. The van der Waals surface area contributed by atoms with Crippen molar-refractivity contribution in [3.8, 4) is 0 Å². The molecule has 0 spiro atoms. The van der Waals surface area contributed by atoms with Gasteiger partial charge >= 0.3 is 0 Å². The summed E-state index contributed by atoms with van der Waals surface area (Å²) in [5, 5.41) is 3.19. The van der Waals surface area contributed by atoms with Crippen molar-refractivity contribution in [2.45, 2.75) is 39.2 Å². The Kier molecular flexibility index (Phi) is 5.36. The number of hydrogen-bond donors (Lipinski definition) is 1. The molecule has 6 nitrogen and oxygen atoms in total. The number of likely N-dealkylation sites (tertiary alicyclic amines) is 1. The van der Waals surface area contributed by atoms with E-state index in [4.69, 9.17) is 0 Å². The molecule has 3 heterocycles. The maximum Gasteiger partial charge on any atom is 0.272 e. The summed E-state index contributed by atoms with van der Waals surface area (Å²) in [7, 11) is 0. The van der Waals surface area contributed by atoms with Crippen molar-refractivity contribution in [1.29, 1.82) is 0 Å². The van der Waals surface area contributed by atoms with E-state index in [2.05, 4.69) is 20.3 Å². The van der Waals surface area contributed by atoms with E-state index in [9.17, 15) is 4.79 Å². The summed E-state index contributed by atoms with van der Waals surface area (Å²) >= 11 is 0. The number of aromatic nitrogens is 3. The Bertz CT molecular complexity index is 681. The predicted octanol–water partition coefficient (Wildman–Crippen LogP) is 2.81. The first-order chi connectivity index (χ1) is 11.7. The quantitative estimate of drug-likeness (QED) is 0.936. The zero-order valence-electron chi connectivity index (χ0n) is 14.0. The number of rotatable bonds is 4. The van der Waals surface area contributed by atoms with Crippen LogP contribution in [0.2, 0.25) is 0 Å². The second-order valence-corrected chi connectivity index (χ2v) is 6.13. The van der Waals surface area contributed by atoms with Gasteiger partial charge in [-0.25, -0.2) is 9.97 Å². The molecule has 0 unspecified atom stereocenters. The van der Waals surface area contributed by atoms with Gasteiger partial charge in [-0.1, -0.05) is 12.8 Å². The highest BCUT2D eigenvalue weighted by Crippen LogP contribution is 2.14. The van der Waals surface area contributed by atoms with Crippen LogP contribution < -0.4 is 5.32 Å². The molecule has 2 aromatic heterocycles. The molecule has 1 amide bonds.